The van der Waals surface area contributed by atoms with Gasteiger partial charge in [-0.05, 0) is 112 Å². The molecule has 1 amide bonds. The summed E-state index contributed by atoms with van der Waals surface area (Å²) in [4.78, 5) is 14.1. The molecule has 206 valence electrons. The molecule has 0 aliphatic heterocycles. The summed E-state index contributed by atoms with van der Waals surface area (Å²) in [6.07, 6.45) is 6.21. The molecule has 0 unspecified atom stereocenters. The summed E-state index contributed by atoms with van der Waals surface area (Å²) in [7, 11) is 1.94. The Kier molecular flexibility index (Phi) is 6.23. The van der Waals surface area contributed by atoms with Crippen molar-refractivity contribution in [3.05, 3.63) is 66.0 Å². The van der Waals surface area contributed by atoms with Gasteiger partial charge in [-0.3, -0.25) is 9.58 Å². The van der Waals surface area contributed by atoms with Gasteiger partial charge in [0, 0.05) is 30.4 Å². The largest absolute Gasteiger partial charge is 0.491 e. The van der Waals surface area contributed by atoms with Crippen LogP contribution in [0.3, 0.4) is 0 Å². The molecule has 0 spiro atoms. The first-order valence-corrected chi connectivity index (χ1v) is 14.2. The molecule has 6 nitrogen and oxygen atoms in total. The lowest BCUT2D eigenvalue weighted by Gasteiger charge is -2.54. The van der Waals surface area contributed by atoms with E-state index in [1.165, 1.54) is 0 Å². The molecule has 2 aromatic carbocycles. The van der Waals surface area contributed by atoms with Crippen LogP contribution in [0.2, 0.25) is 0 Å². The van der Waals surface area contributed by atoms with E-state index in [1.54, 1.807) is 4.90 Å². The molecule has 1 N–H and O–H groups in total. The first kappa shape index (κ1) is 25.9. The van der Waals surface area contributed by atoms with Crippen molar-refractivity contribution < 1.29 is 19.0 Å². The predicted molar refractivity (Wildman–Crippen MR) is 150 cm³/mol. The number of carboxylic acid groups (broad SMARTS) is 1. The van der Waals surface area contributed by atoms with Crippen LogP contribution in [-0.2, 0) is 18.1 Å². The van der Waals surface area contributed by atoms with E-state index < -0.39 is 11.8 Å². The van der Waals surface area contributed by atoms with Crippen LogP contribution in [0.1, 0.15) is 76.6 Å². The van der Waals surface area contributed by atoms with Crippen molar-refractivity contribution in [2.45, 2.75) is 82.4 Å². The molecule has 4 fully saturated rings. The monoisotopic (exact) mass is 531 g/mol. The van der Waals surface area contributed by atoms with Gasteiger partial charge in [0.05, 0.1) is 11.8 Å². The number of rotatable bonds is 8. The summed E-state index contributed by atoms with van der Waals surface area (Å²) in [5.41, 5.74) is 3.21. The van der Waals surface area contributed by atoms with Gasteiger partial charge in [0.15, 0.2) is 5.67 Å². The second-order valence-electron chi connectivity index (χ2n) is 12.4. The highest BCUT2D eigenvalue weighted by molar-refractivity contribution is 5.87. The highest BCUT2D eigenvalue weighted by atomic mass is 19.1. The molecule has 7 rings (SSSR count). The summed E-state index contributed by atoms with van der Waals surface area (Å²) in [6.45, 7) is 4.49. The van der Waals surface area contributed by atoms with Crippen molar-refractivity contribution in [1.82, 2.24) is 9.78 Å². The first-order chi connectivity index (χ1) is 18.6. The van der Waals surface area contributed by atoms with E-state index in [0.29, 0.717) is 30.8 Å². The van der Waals surface area contributed by atoms with Gasteiger partial charge >= 0.3 is 6.09 Å². The zero-order valence-corrected chi connectivity index (χ0v) is 23.1. The molecular weight excluding hydrogens is 493 g/mol. The second kappa shape index (κ2) is 9.39. The average Bonchev–Trinajstić information content (AvgIpc) is 3.55. The maximum Gasteiger partial charge on any atom is 0.411 e. The Labute approximate surface area is 229 Å². The number of carbonyl (C=O) groups is 1. The van der Waals surface area contributed by atoms with E-state index in [0.717, 1.165) is 61.1 Å². The highest BCUT2D eigenvalue weighted by Crippen LogP contribution is 2.59. The molecule has 2 bridgehead atoms. The van der Waals surface area contributed by atoms with Crippen molar-refractivity contribution in [3.63, 3.8) is 0 Å². The summed E-state index contributed by atoms with van der Waals surface area (Å²) in [5, 5.41) is 14.8. The van der Waals surface area contributed by atoms with E-state index >= 15 is 0 Å². The molecule has 7 heteroatoms. The fraction of sp³-hybridized carbons (Fsp3) is 0.500. The molecule has 1 aromatic heterocycles. The first-order valence-electron chi connectivity index (χ1n) is 14.2. The number of aryl methyl sites for hydroxylation is 1. The van der Waals surface area contributed by atoms with Gasteiger partial charge in [0.1, 0.15) is 5.75 Å². The van der Waals surface area contributed by atoms with E-state index in [9.17, 15) is 14.3 Å². The number of amides is 1. The minimum Gasteiger partial charge on any atom is -0.491 e. The lowest BCUT2D eigenvalue weighted by molar-refractivity contribution is 0.0413. The molecule has 0 saturated heterocycles. The number of aromatic nitrogens is 2. The Morgan fingerprint density at radius 3 is 2.26 bits per heavy atom. The van der Waals surface area contributed by atoms with Gasteiger partial charge in [-0.1, -0.05) is 24.3 Å². The van der Waals surface area contributed by atoms with Crippen LogP contribution in [-0.4, -0.2) is 33.6 Å². The lowest BCUT2D eigenvalue weighted by Crippen LogP contribution is -2.51. The minimum atomic E-state index is -1.22. The van der Waals surface area contributed by atoms with Gasteiger partial charge in [-0.2, -0.15) is 5.10 Å². The summed E-state index contributed by atoms with van der Waals surface area (Å²) in [6, 6.07) is 17.8. The topological polar surface area (TPSA) is 67.6 Å². The number of anilines is 1. The molecular formula is C32H38FN3O3. The van der Waals surface area contributed by atoms with Crippen LogP contribution < -0.4 is 9.64 Å². The number of benzene rings is 2. The maximum atomic E-state index is 14.7. The number of halogens is 1. The Morgan fingerprint density at radius 2 is 1.67 bits per heavy atom. The predicted octanol–water partition coefficient (Wildman–Crippen LogP) is 7.61. The van der Waals surface area contributed by atoms with Crippen molar-refractivity contribution in [3.8, 4) is 16.9 Å². The number of hydrogen-bond acceptors (Lipinski definition) is 3. The van der Waals surface area contributed by atoms with E-state index in [-0.39, 0.29) is 16.9 Å². The number of alkyl halides is 1. The third-order valence-electron chi connectivity index (χ3n) is 9.41. The summed E-state index contributed by atoms with van der Waals surface area (Å²) >= 11 is 0. The number of nitrogens with zero attached hydrogens (tertiary/aromatic N) is 3. The minimum absolute atomic E-state index is 0.0203. The molecule has 0 radical (unpaired) electrons. The molecule has 4 saturated carbocycles. The van der Waals surface area contributed by atoms with Gasteiger partial charge in [-0.15, -0.1) is 0 Å². The second-order valence-corrected chi connectivity index (χ2v) is 12.4. The van der Waals surface area contributed by atoms with Gasteiger partial charge in [0.2, 0.25) is 0 Å². The lowest BCUT2D eigenvalue weighted by atomic mass is 9.52. The van der Waals surface area contributed by atoms with Gasteiger partial charge < -0.3 is 9.84 Å². The van der Waals surface area contributed by atoms with Gasteiger partial charge in [0.25, 0.3) is 0 Å². The molecule has 3 aromatic rings. The van der Waals surface area contributed by atoms with Crippen LogP contribution in [0.25, 0.3) is 11.1 Å². The van der Waals surface area contributed by atoms with Crippen molar-refractivity contribution in [2.75, 3.05) is 11.4 Å². The smallest absolute Gasteiger partial charge is 0.411 e. The van der Waals surface area contributed by atoms with E-state index in [1.807, 2.05) is 80.2 Å². The van der Waals surface area contributed by atoms with E-state index in [2.05, 4.69) is 5.10 Å². The molecule has 0 atom stereocenters. The fourth-order valence-corrected chi connectivity index (χ4v) is 6.89. The Morgan fingerprint density at radius 1 is 1.00 bits per heavy atom. The normalized spacial score (nSPS) is 25.1. The van der Waals surface area contributed by atoms with Crippen LogP contribution >= 0.6 is 0 Å². The van der Waals surface area contributed by atoms with Crippen molar-refractivity contribution in [1.29, 1.82) is 0 Å². The van der Waals surface area contributed by atoms with Crippen molar-refractivity contribution >= 4 is 11.8 Å². The Hall–Kier alpha value is -3.35. The van der Waals surface area contributed by atoms with Crippen LogP contribution in [0.15, 0.2) is 54.6 Å². The maximum absolute atomic E-state index is 14.7. The molecule has 39 heavy (non-hydrogen) atoms. The molecule has 4 aliphatic carbocycles. The SMILES string of the molecule is CC(C)Oc1ccc(-c2cccc(N(CC34CCC(c5cc(C6(F)CC6)nn5C)(CC3)CC4)C(=O)O)c2)cc1. The number of hydrogen-bond donors (Lipinski definition) is 1. The quantitative estimate of drug-likeness (QED) is 0.325. The number of ether oxygens (including phenoxy) is 1. The van der Waals surface area contributed by atoms with Crippen LogP contribution in [0, 0.1) is 5.41 Å². The molecule has 1 heterocycles. The zero-order valence-electron chi connectivity index (χ0n) is 23.1. The van der Waals surface area contributed by atoms with Crippen molar-refractivity contribution in [2.24, 2.45) is 12.5 Å². The van der Waals surface area contributed by atoms with Crippen LogP contribution in [0.4, 0.5) is 14.9 Å². The average molecular weight is 532 g/mol. The zero-order chi connectivity index (χ0) is 27.4. The Bertz CT molecular complexity index is 1350. The standard InChI is InChI=1S/C32H38FN3O3/c1-22(2)39-26-9-7-23(8-10-26)24-5-4-6-25(19-24)36(29(37)38)21-30-11-14-31(15-12-30,16-13-30)28-20-27(34-35(28)3)32(33)17-18-32/h4-10,19-20,22H,11-18,21H2,1-3H3,(H,37,38). The Balaban J connectivity index is 1.19. The molecule has 4 aliphatic rings. The van der Waals surface area contributed by atoms with E-state index in [4.69, 9.17) is 4.74 Å². The third kappa shape index (κ3) is 4.81. The fourth-order valence-electron chi connectivity index (χ4n) is 6.89. The van der Waals surface area contributed by atoms with Gasteiger partial charge in [-0.25, -0.2) is 9.18 Å². The number of fused-ring (bicyclic) bond motifs is 3. The summed E-state index contributed by atoms with van der Waals surface area (Å²) < 4.78 is 22.4. The highest BCUT2D eigenvalue weighted by Gasteiger charge is 2.53. The summed E-state index contributed by atoms with van der Waals surface area (Å²) in [5.74, 6) is 0.820. The van der Waals surface area contributed by atoms with Crippen LogP contribution in [0.5, 0.6) is 5.75 Å². The third-order valence-corrected chi connectivity index (χ3v) is 9.41.